The second-order valence-corrected chi connectivity index (χ2v) is 3.66. The predicted octanol–water partition coefficient (Wildman–Crippen LogP) is 0.329. The lowest BCUT2D eigenvalue weighted by atomic mass is 10.9. The minimum absolute atomic E-state index is 0.650. The summed E-state index contributed by atoms with van der Waals surface area (Å²) in [6.45, 7) is 0.650. The zero-order chi connectivity index (χ0) is 4.41. The highest BCUT2D eigenvalue weighted by molar-refractivity contribution is 8.67. The largest absolute Gasteiger partial charge is 0.281 e. The molecule has 2 nitrogen and oxygen atoms in total. The predicted molar refractivity (Wildman–Crippen MR) is 26.6 cm³/mol. The van der Waals surface area contributed by atoms with Crippen molar-refractivity contribution in [2.45, 2.75) is 0 Å². The molecule has 0 bridgehead atoms. The Balaban J connectivity index is 2.37. The van der Waals surface area contributed by atoms with Gasteiger partial charge in [-0.3, -0.25) is 4.18 Å². The molecule has 1 fully saturated rings. The molecular formula is C2H4O2S2. The lowest BCUT2D eigenvalue weighted by molar-refractivity contribution is 0.393. The summed E-state index contributed by atoms with van der Waals surface area (Å²) in [5, 5.41) is 0. The molecule has 1 aliphatic rings. The molecule has 0 N–H and O–H groups in total. The molecule has 0 amide bonds. The van der Waals surface area contributed by atoms with Gasteiger partial charge in [0, 0.05) is 5.75 Å². The first kappa shape index (κ1) is 4.61. The Morgan fingerprint density at radius 1 is 1.83 bits per heavy atom. The van der Waals surface area contributed by atoms with Crippen molar-refractivity contribution < 1.29 is 8.39 Å². The molecular weight excluding hydrogens is 120 g/mol. The van der Waals surface area contributed by atoms with Crippen LogP contribution in [0, 0.1) is 0 Å². The molecule has 0 aromatic heterocycles. The van der Waals surface area contributed by atoms with E-state index in [4.69, 9.17) is 0 Å². The van der Waals surface area contributed by atoms with Crippen molar-refractivity contribution in [3.05, 3.63) is 0 Å². The van der Waals surface area contributed by atoms with E-state index in [2.05, 4.69) is 4.18 Å². The van der Waals surface area contributed by atoms with Crippen molar-refractivity contribution >= 4 is 20.9 Å². The van der Waals surface area contributed by atoms with Gasteiger partial charge in [-0.15, -0.1) is 0 Å². The smallest absolute Gasteiger partial charge is 0.219 e. The average Bonchev–Trinajstić information content (AvgIpc) is 1.86. The lowest BCUT2D eigenvalue weighted by Gasteiger charge is -1.76. The van der Waals surface area contributed by atoms with E-state index in [9.17, 15) is 4.21 Å². The maximum atomic E-state index is 10.1. The summed E-state index contributed by atoms with van der Waals surface area (Å²) in [7, 11) is 0.341. The van der Waals surface area contributed by atoms with Crippen molar-refractivity contribution in [2.75, 3.05) is 12.4 Å². The summed E-state index contributed by atoms with van der Waals surface area (Å²) >= 11 is 0. The van der Waals surface area contributed by atoms with Gasteiger partial charge in [0.2, 0.25) is 10.1 Å². The van der Waals surface area contributed by atoms with Crippen LogP contribution in [-0.2, 0) is 14.3 Å². The third kappa shape index (κ3) is 0.959. The first-order chi connectivity index (χ1) is 2.89. The fourth-order valence-electron chi connectivity index (χ4n) is 0.238. The lowest BCUT2D eigenvalue weighted by Crippen LogP contribution is -1.80. The van der Waals surface area contributed by atoms with E-state index in [0.717, 1.165) is 5.75 Å². The molecule has 1 rings (SSSR count). The monoisotopic (exact) mass is 124 g/mol. The first-order valence-electron chi connectivity index (χ1n) is 1.58. The van der Waals surface area contributed by atoms with Crippen LogP contribution >= 0.6 is 10.8 Å². The molecule has 0 radical (unpaired) electrons. The molecule has 36 valence electrons. The van der Waals surface area contributed by atoms with Gasteiger partial charge in [-0.05, 0) is 10.8 Å². The molecule has 0 aromatic carbocycles. The van der Waals surface area contributed by atoms with Crippen LogP contribution in [0.25, 0.3) is 0 Å². The van der Waals surface area contributed by atoms with Crippen molar-refractivity contribution in [3.8, 4) is 0 Å². The minimum Gasteiger partial charge on any atom is -0.281 e. The summed E-state index contributed by atoms with van der Waals surface area (Å²) in [5.41, 5.74) is 0. The van der Waals surface area contributed by atoms with Gasteiger partial charge in [-0.1, -0.05) is 0 Å². The topological polar surface area (TPSA) is 26.3 Å². The van der Waals surface area contributed by atoms with Gasteiger partial charge in [-0.25, -0.2) is 4.21 Å². The molecule has 4 heteroatoms. The second-order valence-electron chi connectivity index (χ2n) is 0.848. The Morgan fingerprint density at radius 3 is 2.83 bits per heavy atom. The SMILES string of the molecule is O=[S@@]1OCCS1. The van der Waals surface area contributed by atoms with Gasteiger partial charge in [0.15, 0.2) is 0 Å². The van der Waals surface area contributed by atoms with Crippen molar-refractivity contribution in [1.82, 2.24) is 0 Å². The van der Waals surface area contributed by atoms with Crippen LogP contribution in [0.15, 0.2) is 0 Å². The average molecular weight is 124 g/mol. The summed E-state index contributed by atoms with van der Waals surface area (Å²) in [5.74, 6) is 0.882. The van der Waals surface area contributed by atoms with E-state index in [0.29, 0.717) is 6.61 Å². The van der Waals surface area contributed by atoms with Gasteiger partial charge >= 0.3 is 0 Å². The van der Waals surface area contributed by atoms with Crippen molar-refractivity contribution in [2.24, 2.45) is 0 Å². The molecule has 0 aromatic rings. The Morgan fingerprint density at radius 2 is 2.67 bits per heavy atom. The fraction of sp³-hybridized carbons (Fsp3) is 1.00. The Kier molecular flexibility index (Phi) is 1.50. The van der Waals surface area contributed by atoms with E-state index >= 15 is 0 Å². The van der Waals surface area contributed by atoms with E-state index in [-0.39, 0.29) is 0 Å². The van der Waals surface area contributed by atoms with Gasteiger partial charge in [-0.2, -0.15) is 0 Å². The van der Waals surface area contributed by atoms with Crippen LogP contribution in [0.3, 0.4) is 0 Å². The number of hydrogen-bond donors (Lipinski definition) is 0. The summed E-state index contributed by atoms with van der Waals surface area (Å²) < 4.78 is 14.7. The zero-order valence-electron chi connectivity index (χ0n) is 3.05. The molecule has 1 aliphatic heterocycles. The maximum absolute atomic E-state index is 10.1. The Hall–Kier alpha value is 0.460. The first-order valence-corrected chi connectivity index (χ1v) is 4.15. The van der Waals surface area contributed by atoms with Crippen LogP contribution in [0.5, 0.6) is 0 Å². The van der Waals surface area contributed by atoms with E-state index in [1.54, 1.807) is 0 Å². The molecule has 0 aliphatic carbocycles. The van der Waals surface area contributed by atoms with E-state index in [1.807, 2.05) is 0 Å². The van der Waals surface area contributed by atoms with Gasteiger partial charge in [0.05, 0.1) is 6.61 Å². The Labute approximate surface area is 42.3 Å². The van der Waals surface area contributed by atoms with Crippen molar-refractivity contribution in [1.29, 1.82) is 0 Å². The summed E-state index contributed by atoms with van der Waals surface area (Å²) in [6, 6.07) is 0. The molecule has 6 heavy (non-hydrogen) atoms. The zero-order valence-corrected chi connectivity index (χ0v) is 4.68. The summed E-state index contributed by atoms with van der Waals surface area (Å²) in [6.07, 6.45) is 0. The van der Waals surface area contributed by atoms with Crippen LogP contribution in [0.1, 0.15) is 0 Å². The van der Waals surface area contributed by atoms with Crippen LogP contribution in [0.4, 0.5) is 0 Å². The third-order valence-electron chi connectivity index (χ3n) is 0.442. The number of rotatable bonds is 0. The number of hydrogen-bond acceptors (Lipinski definition) is 3. The molecule has 1 saturated heterocycles. The molecule has 1 heterocycles. The van der Waals surface area contributed by atoms with Crippen LogP contribution in [0.2, 0.25) is 0 Å². The molecule has 1 atom stereocenters. The third-order valence-corrected chi connectivity index (χ3v) is 2.69. The fourth-order valence-corrected chi connectivity index (χ4v) is 1.94. The van der Waals surface area contributed by atoms with Crippen LogP contribution < -0.4 is 0 Å². The highest BCUT2D eigenvalue weighted by atomic mass is 33.1. The Bertz CT molecular complexity index is 63.9. The summed E-state index contributed by atoms with van der Waals surface area (Å²) in [4.78, 5) is 0. The van der Waals surface area contributed by atoms with Crippen molar-refractivity contribution in [3.63, 3.8) is 0 Å². The molecule has 0 unspecified atom stereocenters. The highest BCUT2D eigenvalue weighted by Gasteiger charge is 2.07. The molecule has 0 spiro atoms. The van der Waals surface area contributed by atoms with E-state index in [1.165, 1.54) is 10.8 Å². The minimum atomic E-state index is -1.01. The van der Waals surface area contributed by atoms with Gasteiger partial charge in [0.1, 0.15) is 0 Å². The molecule has 0 saturated carbocycles. The van der Waals surface area contributed by atoms with Gasteiger partial charge in [0.25, 0.3) is 0 Å². The quantitative estimate of drug-likeness (QED) is 0.435. The van der Waals surface area contributed by atoms with E-state index < -0.39 is 10.1 Å². The standard InChI is InChI=1S/C2H4O2S2/c3-6-4-1-2-5-6/h1-2H2/t6-/m1/s1. The normalized spacial score (nSPS) is 34.3. The van der Waals surface area contributed by atoms with Gasteiger partial charge < -0.3 is 0 Å². The maximum Gasteiger partial charge on any atom is 0.219 e. The highest BCUT2D eigenvalue weighted by Crippen LogP contribution is 2.15. The second kappa shape index (κ2) is 1.95. The van der Waals surface area contributed by atoms with Crippen LogP contribution in [-0.4, -0.2) is 16.6 Å².